The van der Waals surface area contributed by atoms with Crippen LogP contribution in [0.3, 0.4) is 0 Å². The number of benzene rings is 8. The summed E-state index contributed by atoms with van der Waals surface area (Å²) in [5.74, 6) is 0. The van der Waals surface area contributed by atoms with Gasteiger partial charge in [0.25, 0.3) is 0 Å². The Kier molecular flexibility index (Phi) is 6.03. The second kappa shape index (κ2) is 10.3. The molecular weight excluding hydrogens is 584 g/mol. The van der Waals surface area contributed by atoms with Crippen molar-refractivity contribution in [2.45, 2.75) is 0 Å². The van der Waals surface area contributed by atoms with Crippen LogP contribution in [0.2, 0.25) is 0 Å². The predicted octanol–water partition coefficient (Wildman–Crippen LogP) is 10.5. The molecule has 0 bridgehead atoms. The van der Waals surface area contributed by atoms with Crippen molar-refractivity contribution in [3.8, 4) is 11.1 Å². The summed E-state index contributed by atoms with van der Waals surface area (Å²) >= 11 is 6.68. The standard InChI is InChI=1S/C42H27OPS/c45-44(33-13-3-1-4-14-33,34-15-5-2-6-16-34)35-23-21-28-19-20-31(25-32(28)26-35)38-27-30-12-8-10-18-37(30)41-40-36-17-9-7-11-29(36)22-24-39(40)43-42(38)41/h1-27H. The van der Waals surface area contributed by atoms with Crippen LogP contribution in [0.25, 0.3) is 65.4 Å². The maximum atomic E-state index is 6.75. The van der Waals surface area contributed by atoms with Crippen LogP contribution in [0.1, 0.15) is 0 Å². The molecule has 1 aromatic heterocycles. The van der Waals surface area contributed by atoms with Crippen molar-refractivity contribution in [3.63, 3.8) is 0 Å². The third-order valence-electron chi connectivity index (χ3n) is 9.09. The van der Waals surface area contributed by atoms with Gasteiger partial charge >= 0.3 is 0 Å². The first kappa shape index (κ1) is 26.4. The van der Waals surface area contributed by atoms with E-state index < -0.39 is 6.04 Å². The molecule has 0 fully saturated rings. The molecule has 0 saturated heterocycles. The van der Waals surface area contributed by atoms with Crippen LogP contribution in [-0.2, 0) is 11.8 Å². The third kappa shape index (κ3) is 4.11. The summed E-state index contributed by atoms with van der Waals surface area (Å²) in [6.45, 7) is 0. The Labute approximate surface area is 266 Å². The normalized spacial score (nSPS) is 12.1. The second-order valence-electron chi connectivity index (χ2n) is 11.6. The fraction of sp³-hybridized carbons (Fsp3) is 0. The van der Waals surface area contributed by atoms with Crippen LogP contribution in [0, 0.1) is 0 Å². The van der Waals surface area contributed by atoms with E-state index in [0.717, 1.165) is 22.3 Å². The van der Waals surface area contributed by atoms with Gasteiger partial charge in [-0.3, -0.25) is 0 Å². The zero-order valence-corrected chi connectivity index (χ0v) is 26.1. The van der Waals surface area contributed by atoms with E-state index >= 15 is 0 Å². The van der Waals surface area contributed by atoms with Gasteiger partial charge in [0.05, 0.1) is 0 Å². The molecule has 9 rings (SSSR count). The minimum Gasteiger partial charge on any atom is -0.455 e. The van der Waals surface area contributed by atoms with Gasteiger partial charge in [-0.25, -0.2) is 0 Å². The Balaban J connectivity index is 1.30. The molecule has 0 aliphatic heterocycles. The number of rotatable bonds is 4. The lowest BCUT2D eigenvalue weighted by atomic mass is 9.94. The maximum Gasteiger partial charge on any atom is 0.143 e. The van der Waals surface area contributed by atoms with Crippen LogP contribution in [0.15, 0.2) is 168 Å². The van der Waals surface area contributed by atoms with Crippen molar-refractivity contribution in [1.82, 2.24) is 0 Å². The predicted molar refractivity (Wildman–Crippen MR) is 198 cm³/mol. The van der Waals surface area contributed by atoms with Crippen molar-refractivity contribution in [2.75, 3.05) is 0 Å². The molecule has 0 atom stereocenters. The Morgan fingerprint density at radius 3 is 1.76 bits per heavy atom. The highest BCUT2D eigenvalue weighted by molar-refractivity contribution is 8.25. The quantitative estimate of drug-likeness (QED) is 0.184. The van der Waals surface area contributed by atoms with Crippen molar-refractivity contribution < 1.29 is 4.42 Å². The van der Waals surface area contributed by atoms with Crippen LogP contribution >= 0.6 is 6.04 Å². The number of hydrogen-bond acceptors (Lipinski definition) is 2. The van der Waals surface area contributed by atoms with Crippen molar-refractivity contribution in [2.24, 2.45) is 0 Å². The van der Waals surface area contributed by atoms with E-state index in [4.69, 9.17) is 16.2 Å². The highest BCUT2D eigenvalue weighted by Gasteiger charge is 2.25. The van der Waals surface area contributed by atoms with E-state index in [1.807, 2.05) is 0 Å². The molecule has 3 heteroatoms. The Bertz CT molecular complexity index is 2580. The van der Waals surface area contributed by atoms with Crippen molar-refractivity contribution in [1.29, 1.82) is 0 Å². The Hall–Kier alpha value is -5.01. The largest absolute Gasteiger partial charge is 0.455 e. The minimum absolute atomic E-state index is 0.913. The molecule has 0 N–H and O–H groups in total. The molecule has 0 aliphatic carbocycles. The fourth-order valence-electron chi connectivity index (χ4n) is 6.92. The summed E-state index contributed by atoms with van der Waals surface area (Å²) in [5.41, 5.74) is 4.07. The van der Waals surface area contributed by atoms with E-state index in [1.165, 1.54) is 59.0 Å². The maximum absolute atomic E-state index is 6.75. The topological polar surface area (TPSA) is 13.1 Å². The molecule has 212 valence electrons. The zero-order chi connectivity index (χ0) is 30.0. The smallest absolute Gasteiger partial charge is 0.143 e. The number of hydrogen-bond donors (Lipinski definition) is 0. The van der Waals surface area contributed by atoms with Gasteiger partial charge in [0.15, 0.2) is 0 Å². The van der Waals surface area contributed by atoms with Gasteiger partial charge in [0, 0.05) is 22.4 Å². The lowest BCUT2D eigenvalue weighted by Gasteiger charge is -2.24. The van der Waals surface area contributed by atoms with Crippen LogP contribution in [0.5, 0.6) is 0 Å². The minimum atomic E-state index is -2.27. The zero-order valence-electron chi connectivity index (χ0n) is 24.4. The van der Waals surface area contributed by atoms with E-state index in [-0.39, 0.29) is 0 Å². The summed E-state index contributed by atoms with van der Waals surface area (Å²) in [5, 5.41) is 13.2. The molecule has 0 aliphatic rings. The molecule has 1 nitrogen and oxygen atoms in total. The monoisotopic (exact) mass is 610 g/mol. The highest BCUT2D eigenvalue weighted by atomic mass is 32.4. The van der Waals surface area contributed by atoms with Crippen LogP contribution in [-0.4, -0.2) is 0 Å². The van der Waals surface area contributed by atoms with Gasteiger partial charge in [-0.15, -0.1) is 0 Å². The molecule has 0 saturated carbocycles. The van der Waals surface area contributed by atoms with Gasteiger partial charge in [0.2, 0.25) is 0 Å². The molecule has 0 unspecified atom stereocenters. The van der Waals surface area contributed by atoms with Gasteiger partial charge in [-0.1, -0.05) is 151 Å². The summed E-state index contributed by atoms with van der Waals surface area (Å²) in [6.07, 6.45) is 0. The number of furan rings is 1. The molecule has 8 aromatic carbocycles. The lowest BCUT2D eigenvalue weighted by molar-refractivity contribution is 0.670. The molecule has 0 amide bonds. The number of fused-ring (bicyclic) bond motifs is 8. The molecule has 45 heavy (non-hydrogen) atoms. The van der Waals surface area contributed by atoms with E-state index in [1.54, 1.807) is 0 Å². The van der Waals surface area contributed by atoms with Gasteiger partial charge in [-0.05, 0) is 78.1 Å². The first-order chi connectivity index (χ1) is 22.2. The van der Waals surface area contributed by atoms with E-state index in [0.29, 0.717) is 0 Å². The van der Waals surface area contributed by atoms with E-state index in [2.05, 4.69) is 164 Å². The second-order valence-corrected chi connectivity index (χ2v) is 16.0. The third-order valence-corrected chi connectivity index (χ3v) is 14.0. The van der Waals surface area contributed by atoms with Gasteiger partial charge in [-0.2, -0.15) is 0 Å². The van der Waals surface area contributed by atoms with Crippen LogP contribution in [0.4, 0.5) is 0 Å². The summed E-state index contributed by atoms with van der Waals surface area (Å²) in [4.78, 5) is 0. The van der Waals surface area contributed by atoms with E-state index in [9.17, 15) is 0 Å². The molecule has 0 spiro atoms. The van der Waals surface area contributed by atoms with Gasteiger partial charge in [0.1, 0.15) is 11.2 Å². The Morgan fingerprint density at radius 1 is 0.422 bits per heavy atom. The van der Waals surface area contributed by atoms with Crippen molar-refractivity contribution >= 4 is 88.0 Å². The van der Waals surface area contributed by atoms with Crippen LogP contribution < -0.4 is 15.9 Å². The fourth-order valence-corrected chi connectivity index (χ4v) is 10.7. The SMILES string of the molecule is S=P(c1ccccc1)(c1ccccc1)c1ccc2ccc(-c3cc4ccccc4c4c3oc3ccc5ccccc5c34)cc2c1. The highest BCUT2D eigenvalue weighted by Crippen LogP contribution is 2.45. The van der Waals surface area contributed by atoms with Gasteiger partial charge < -0.3 is 4.42 Å². The molecular formula is C42H27OPS. The Morgan fingerprint density at radius 2 is 1.02 bits per heavy atom. The summed E-state index contributed by atoms with van der Waals surface area (Å²) < 4.78 is 6.75. The average Bonchev–Trinajstić information content (AvgIpc) is 3.52. The molecule has 9 aromatic rings. The molecule has 0 radical (unpaired) electrons. The average molecular weight is 611 g/mol. The lowest BCUT2D eigenvalue weighted by Crippen LogP contribution is -2.24. The first-order valence-corrected chi connectivity index (χ1v) is 18.0. The summed E-state index contributed by atoms with van der Waals surface area (Å²) in [7, 11) is 0. The first-order valence-electron chi connectivity index (χ1n) is 15.2. The molecule has 1 heterocycles. The summed E-state index contributed by atoms with van der Waals surface area (Å²) in [6, 6.07) is 56.3. The van der Waals surface area contributed by atoms with Crippen molar-refractivity contribution in [3.05, 3.63) is 164 Å².